The number of para-hydroxylation sites is 2. The molecule has 1 aliphatic rings. The SMILES string of the molecule is COc1c(OCCCNCCOc2ccccc2)cccc1[C@H]1O[C@H](CC(=O)NCc2ccccc2F)C(=O)N(CC(C)(C)C)c2ccc(Cl)cc21.Cl. The van der Waals surface area contributed by atoms with Gasteiger partial charge in [0.1, 0.15) is 30.4 Å². The van der Waals surface area contributed by atoms with Crippen LogP contribution >= 0.6 is 24.0 Å². The number of halogens is 3. The van der Waals surface area contributed by atoms with Gasteiger partial charge in [0.2, 0.25) is 5.91 Å². The third-order valence-electron chi connectivity index (χ3n) is 8.38. The van der Waals surface area contributed by atoms with E-state index in [-0.39, 0.29) is 36.7 Å². The van der Waals surface area contributed by atoms with Gasteiger partial charge >= 0.3 is 0 Å². The lowest BCUT2D eigenvalue weighted by Crippen LogP contribution is -2.45. The number of ether oxygens (including phenoxy) is 4. The fourth-order valence-electron chi connectivity index (χ4n) is 5.99. The van der Waals surface area contributed by atoms with E-state index in [1.165, 1.54) is 6.07 Å². The van der Waals surface area contributed by atoms with Crippen LogP contribution in [-0.2, 0) is 20.9 Å². The van der Waals surface area contributed by atoms with Gasteiger partial charge in [-0.3, -0.25) is 9.59 Å². The summed E-state index contributed by atoms with van der Waals surface area (Å²) in [5.41, 5.74) is 1.93. The first-order valence-electron chi connectivity index (χ1n) is 17.5. The van der Waals surface area contributed by atoms with Gasteiger partial charge in [-0.1, -0.05) is 80.9 Å². The molecule has 2 amide bonds. The summed E-state index contributed by atoms with van der Waals surface area (Å²) in [6, 6.07) is 26.8. The Balaban J connectivity index is 0.00000627. The number of methoxy groups -OCH3 is 1. The number of carbonyl (C=O) groups excluding carboxylic acids is 2. The molecule has 53 heavy (non-hydrogen) atoms. The molecule has 0 saturated heterocycles. The highest BCUT2D eigenvalue weighted by Crippen LogP contribution is 2.45. The molecule has 4 aromatic rings. The van der Waals surface area contributed by atoms with Crippen LogP contribution in [0.5, 0.6) is 17.2 Å². The van der Waals surface area contributed by atoms with Crippen molar-refractivity contribution in [2.45, 2.75) is 52.4 Å². The van der Waals surface area contributed by atoms with Crippen LogP contribution in [-0.4, -0.2) is 57.9 Å². The van der Waals surface area contributed by atoms with Gasteiger partial charge < -0.3 is 34.5 Å². The number of anilines is 1. The number of amides is 2. The molecule has 0 bridgehead atoms. The maximum atomic E-state index is 14.3. The Hall–Kier alpha value is -4.35. The number of nitrogens with zero attached hydrogens (tertiary/aromatic N) is 1. The van der Waals surface area contributed by atoms with Crippen molar-refractivity contribution in [2.24, 2.45) is 5.41 Å². The van der Waals surface area contributed by atoms with Gasteiger partial charge in [0.05, 0.1) is 20.1 Å². The third-order valence-corrected chi connectivity index (χ3v) is 8.62. The van der Waals surface area contributed by atoms with E-state index in [1.54, 1.807) is 42.3 Å². The fraction of sp³-hybridized carbons (Fsp3) is 0.366. The molecule has 12 heteroatoms. The van der Waals surface area contributed by atoms with E-state index in [0.717, 1.165) is 18.7 Å². The molecule has 0 aromatic heterocycles. The first-order valence-corrected chi connectivity index (χ1v) is 17.9. The molecule has 4 aromatic carbocycles. The minimum Gasteiger partial charge on any atom is -0.492 e. The summed E-state index contributed by atoms with van der Waals surface area (Å²) in [6.45, 7) is 8.83. The summed E-state index contributed by atoms with van der Waals surface area (Å²) >= 11 is 6.58. The smallest absolute Gasteiger partial charge is 0.256 e. The Kier molecular flexibility index (Phi) is 15.3. The summed E-state index contributed by atoms with van der Waals surface area (Å²) in [5.74, 6) is 0.553. The zero-order valence-corrected chi connectivity index (χ0v) is 32.1. The van der Waals surface area contributed by atoms with Crippen LogP contribution in [0.25, 0.3) is 0 Å². The Morgan fingerprint density at radius 3 is 2.42 bits per heavy atom. The second-order valence-electron chi connectivity index (χ2n) is 13.8. The highest BCUT2D eigenvalue weighted by molar-refractivity contribution is 6.30. The quantitative estimate of drug-likeness (QED) is 0.112. The molecule has 9 nitrogen and oxygen atoms in total. The highest BCUT2D eigenvalue weighted by atomic mass is 35.5. The summed E-state index contributed by atoms with van der Waals surface area (Å²) < 4.78 is 38.8. The first kappa shape index (κ1) is 41.4. The lowest BCUT2D eigenvalue weighted by Gasteiger charge is -2.31. The highest BCUT2D eigenvalue weighted by Gasteiger charge is 2.40. The number of carbonyl (C=O) groups is 2. The molecule has 284 valence electrons. The van der Waals surface area contributed by atoms with Gasteiger partial charge in [-0.05, 0) is 60.8 Å². The maximum absolute atomic E-state index is 14.3. The standard InChI is InChI=1S/C41H47ClFN3O6.ClH/c1-41(2,3)27-46-34-19-18-29(42)24-32(34)38(52-36(40(46)48)25-37(47)45-26-28-12-8-9-16-33(28)43)31-15-10-17-35(39(31)49-4)51-22-11-20-44-21-23-50-30-13-6-5-7-14-30;/h5-10,12-19,24,36,38,44H,11,20-23,25-27H2,1-4H3,(H,45,47);1H/t36-,38-;/m1./s1. The van der Waals surface area contributed by atoms with Crippen molar-refractivity contribution in [3.05, 3.63) is 119 Å². The Labute approximate surface area is 322 Å². The molecule has 0 aliphatic carbocycles. The molecule has 0 unspecified atom stereocenters. The number of benzene rings is 4. The Morgan fingerprint density at radius 1 is 0.925 bits per heavy atom. The lowest BCUT2D eigenvalue weighted by atomic mass is 9.94. The molecule has 0 fully saturated rings. The minimum absolute atomic E-state index is 0. The van der Waals surface area contributed by atoms with Crippen molar-refractivity contribution < 1.29 is 32.9 Å². The number of rotatable bonds is 16. The molecule has 1 heterocycles. The second-order valence-corrected chi connectivity index (χ2v) is 14.2. The van der Waals surface area contributed by atoms with E-state index in [9.17, 15) is 14.0 Å². The topological polar surface area (TPSA) is 98.4 Å². The molecule has 2 atom stereocenters. The predicted octanol–water partition coefficient (Wildman–Crippen LogP) is 7.92. The molecule has 5 rings (SSSR count). The van der Waals surface area contributed by atoms with Crippen LogP contribution in [0.3, 0.4) is 0 Å². The van der Waals surface area contributed by atoms with Gasteiger partial charge in [-0.25, -0.2) is 4.39 Å². The van der Waals surface area contributed by atoms with Gasteiger partial charge in [-0.15, -0.1) is 12.4 Å². The van der Waals surface area contributed by atoms with Crippen LogP contribution < -0.4 is 29.7 Å². The molecule has 0 radical (unpaired) electrons. The largest absolute Gasteiger partial charge is 0.492 e. The molecule has 0 saturated carbocycles. The van der Waals surface area contributed by atoms with Gasteiger partial charge in [0.25, 0.3) is 5.91 Å². The summed E-state index contributed by atoms with van der Waals surface area (Å²) in [4.78, 5) is 29.3. The summed E-state index contributed by atoms with van der Waals surface area (Å²) in [7, 11) is 1.56. The first-order chi connectivity index (χ1) is 25.0. The molecular weight excluding hydrogens is 720 g/mol. The zero-order valence-electron chi connectivity index (χ0n) is 30.5. The van der Waals surface area contributed by atoms with E-state index in [2.05, 4.69) is 10.6 Å². The average Bonchev–Trinajstić information content (AvgIpc) is 3.22. The number of nitrogens with one attached hydrogen (secondary N) is 2. The fourth-order valence-corrected chi connectivity index (χ4v) is 6.17. The average molecular weight is 769 g/mol. The van der Waals surface area contributed by atoms with E-state index in [1.807, 2.05) is 75.4 Å². The molecule has 1 aliphatic heterocycles. The molecule has 2 N–H and O–H groups in total. The van der Waals surface area contributed by atoms with Crippen molar-refractivity contribution in [1.29, 1.82) is 0 Å². The molecule has 0 spiro atoms. The van der Waals surface area contributed by atoms with Crippen LogP contribution in [0, 0.1) is 11.2 Å². The monoisotopic (exact) mass is 767 g/mol. The van der Waals surface area contributed by atoms with Crippen molar-refractivity contribution in [2.75, 3.05) is 44.9 Å². The van der Waals surface area contributed by atoms with E-state index < -0.39 is 23.9 Å². The van der Waals surface area contributed by atoms with Gasteiger partial charge in [0, 0.05) is 47.0 Å². The Bertz CT molecular complexity index is 1810. The number of fused-ring (bicyclic) bond motifs is 1. The van der Waals surface area contributed by atoms with Crippen LogP contribution in [0.15, 0.2) is 91.0 Å². The van der Waals surface area contributed by atoms with Crippen molar-refractivity contribution >= 4 is 41.5 Å². The number of hydrogen-bond donors (Lipinski definition) is 2. The zero-order chi connectivity index (χ0) is 37.1. The summed E-state index contributed by atoms with van der Waals surface area (Å²) in [6.07, 6.45) is -1.58. The summed E-state index contributed by atoms with van der Waals surface area (Å²) in [5, 5.41) is 6.58. The van der Waals surface area contributed by atoms with Gasteiger partial charge in [0.15, 0.2) is 11.5 Å². The van der Waals surface area contributed by atoms with Crippen molar-refractivity contribution in [3.8, 4) is 17.2 Å². The van der Waals surface area contributed by atoms with Crippen molar-refractivity contribution in [3.63, 3.8) is 0 Å². The predicted molar refractivity (Wildman–Crippen MR) is 208 cm³/mol. The van der Waals surface area contributed by atoms with Crippen LogP contribution in [0.1, 0.15) is 56.4 Å². The lowest BCUT2D eigenvalue weighted by molar-refractivity contribution is -0.138. The number of hydrogen-bond acceptors (Lipinski definition) is 7. The molecular formula is C41H48Cl2FN3O6. The van der Waals surface area contributed by atoms with E-state index in [0.29, 0.717) is 65.2 Å². The van der Waals surface area contributed by atoms with Crippen LogP contribution in [0.2, 0.25) is 5.02 Å². The minimum atomic E-state index is -1.18. The van der Waals surface area contributed by atoms with Crippen LogP contribution in [0.4, 0.5) is 10.1 Å². The normalized spacial score (nSPS) is 15.5. The van der Waals surface area contributed by atoms with Gasteiger partial charge in [-0.2, -0.15) is 0 Å². The maximum Gasteiger partial charge on any atom is 0.256 e. The Morgan fingerprint density at radius 2 is 1.68 bits per heavy atom. The van der Waals surface area contributed by atoms with E-state index >= 15 is 0 Å². The third kappa shape index (κ3) is 11.6. The second kappa shape index (κ2) is 19.6. The van der Waals surface area contributed by atoms with Crippen molar-refractivity contribution in [1.82, 2.24) is 10.6 Å². The van der Waals surface area contributed by atoms with E-state index in [4.69, 9.17) is 30.5 Å².